The number of carbonyl (C=O) groups is 7. The zero-order chi connectivity index (χ0) is 47.7. The Labute approximate surface area is 379 Å². The van der Waals surface area contributed by atoms with Gasteiger partial charge in [-0.25, -0.2) is 4.79 Å². The first-order valence-corrected chi connectivity index (χ1v) is 21.8. The number of carboxylic acids is 1. The van der Waals surface area contributed by atoms with Gasteiger partial charge in [0.25, 0.3) is 0 Å². The molecule has 65 heavy (non-hydrogen) atoms. The summed E-state index contributed by atoms with van der Waals surface area (Å²) in [6.07, 6.45) is 1.53. The molecule has 0 aliphatic carbocycles. The number of hydrogen-bond acceptors (Lipinski definition) is 11. The normalized spacial score (nSPS) is 14.6. The Morgan fingerprint density at radius 3 is 2.18 bits per heavy atom. The van der Waals surface area contributed by atoms with Gasteiger partial charge in [0, 0.05) is 36.0 Å². The highest BCUT2D eigenvalue weighted by atomic mass is 16.7. The summed E-state index contributed by atoms with van der Waals surface area (Å²) in [6.45, 7) is 11.1. The molecule has 356 valence electrons. The number of anilines is 2. The van der Waals surface area contributed by atoms with Crippen LogP contribution in [0.2, 0.25) is 0 Å². The van der Waals surface area contributed by atoms with E-state index in [9.17, 15) is 38.7 Å². The Morgan fingerprint density at radius 1 is 0.846 bits per heavy atom. The fourth-order valence-corrected chi connectivity index (χ4v) is 6.89. The first-order chi connectivity index (χ1) is 31.1. The van der Waals surface area contributed by atoms with E-state index in [1.54, 1.807) is 44.2 Å². The molecule has 4 atom stereocenters. The largest absolute Gasteiger partial charge is 0.481 e. The van der Waals surface area contributed by atoms with Crippen molar-refractivity contribution in [3.8, 4) is 0 Å². The highest BCUT2D eigenvalue weighted by Gasteiger charge is 2.40. The van der Waals surface area contributed by atoms with Gasteiger partial charge in [-0.15, -0.1) is 0 Å². The summed E-state index contributed by atoms with van der Waals surface area (Å²) in [5.41, 5.74) is 10.8. The minimum Gasteiger partial charge on any atom is -0.481 e. The molecule has 1 aliphatic heterocycles. The number of para-hydroxylation sites is 1. The van der Waals surface area contributed by atoms with Crippen LogP contribution in [0.5, 0.6) is 0 Å². The maximum atomic E-state index is 13.9. The van der Waals surface area contributed by atoms with Gasteiger partial charge in [0.1, 0.15) is 36.1 Å². The lowest BCUT2D eigenvalue weighted by molar-refractivity contribution is -0.144. The molecule has 0 bridgehead atoms. The van der Waals surface area contributed by atoms with Crippen LogP contribution in [-0.2, 0) is 49.5 Å². The summed E-state index contributed by atoms with van der Waals surface area (Å²) >= 11 is 0. The van der Waals surface area contributed by atoms with Crippen LogP contribution in [0.4, 0.5) is 16.2 Å². The quantitative estimate of drug-likeness (QED) is 0.0211. The van der Waals surface area contributed by atoms with Crippen LogP contribution in [0, 0.1) is 18.8 Å². The fraction of sp³-hybridized carbons (Fsp3) is 0.568. The lowest BCUT2D eigenvalue weighted by Crippen LogP contribution is -2.59. The number of aliphatic carboxylic acids is 1. The molecule has 2 aromatic rings. The van der Waals surface area contributed by atoms with Crippen molar-refractivity contribution in [1.29, 1.82) is 0 Å². The Bertz CT molecular complexity index is 1940. The number of nitrogens with zero attached hydrogens (tertiary/aromatic N) is 4. The molecule has 0 saturated carbocycles. The maximum absolute atomic E-state index is 13.9. The second-order valence-electron chi connectivity index (χ2n) is 16.3. The van der Waals surface area contributed by atoms with Crippen LogP contribution >= 0.6 is 0 Å². The minimum absolute atomic E-state index is 0.0852. The third-order valence-corrected chi connectivity index (χ3v) is 10.2. The number of rotatable bonds is 28. The van der Waals surface area contributed by atoms with Gasteiger partial charge < -0.3 is 56.2 Å². The van der Waals surface area contributed by atoms with Crippen LogP contribution in [0.3, 0.4) is 0 Å². The van der Waals surface area contributed by atoms with Gasteiger partial charge in [-0.1, -0.05) is 58.0 Å². The van der Waals surface area contributed by atoms with Crippen molar-refractivity contribution in [2.75, 3.05) is 56.8 Å². The van der Waals surface area contributed by atoms with Crippen LogP contribution in [0.1, 0.15) is 77.3 Å². The van der Waals surface area contributed by atoms with Crippen LogP contribution in [-0.4, -0.2) is 122 Å². The number of urea groups is 1. The molecular formula is C44H64N10O11. The van der Waals surface area contributed by atoms with E-state index in [4.69, 9.17) is 15.0 Å². The number of nitrogens with one attached hydrogen (secondary N) is 6. The molecule has 1 aliphatic rings. The Balaban J connectivity index is 1.54. The number of unbranched alkanes of at least 4 members (excludes halogenated alkanes) is 1. The number of ether oxygens (including phenoxy) is 2. The van der Waals surface area contributed by atoms with E-state index in [-0.39, 0.29) is 44.4 Å². The van der Waals surface area contributed by atoms with Gasteiger partial charge in [-0.3, -0.25) is 28.8 Å². The highest BCUT2D eigenvalue weighted by Crippen LogP contribution is 2.21. The van der Waals surface area contributed by atoms with E-state index in [2.05, 4.69) is 46.9 Å². The SMILES string of the molecule is Cc1ccccc1NC(=O)Nc1ccc(CC(=O)NC(CC(C)C)C(=O)NC(CC(=O)O)C(=O)NC(C(=O)N2CCCC2C(=O)NCCCCOCCOCCON=[N+]=[N-])C(C)C)cc1. The van der Waals surface area contributed by atoms with E-state index >= 15 is 0 Å². The van der Waals surface area contributed by atoms with Crippen LogP contribution < -0.4 is 31.9 Å². The van der Waals surface area contributed by atoms with E-state index in [1.165, 1.54) is 4.90 Å². The lowest BCUT2D eigenvalue weighted by Gasteiger charge is -2.31. The molecule has 21 heteroatoms. The number of amides is 7. The second-order valence-corrected chi connectivity index (χ2v) is 16.3. The summed E-state index contributed by atoms with van der Waals surface area (Å²) in [4.78, 5) is 101. The van der Waals surface area contributed by atoms with Crippen LogP contribution in [0.25, 0.3) is 10.4 Å². The predicted octanol–water partition coefficient (Wildman–Crippen LogP) is 3.98. The van der Waals surface area contributed by atoms with E-state index in [0.717, 1.165) is 5.56 Å². The Hall–Kier alpha value is -6.44. The standard InChI is InChI=1S/C44H64N10O11/c1-28(2)25-34(48-37(55)26-31-14-16-32(17-15-31)47-44(62)50-33-12-7-6-11-30(33)5)40(58)49-35(27-38(56)57)41(59)51-39(29(3)4)43(61)54-19-10-13-36(54)42(60)46-18-8-9-20-63-21-22-64-23-24-65-53-52-45/h6-7,11-12,14-17,28-29,34-36,39H,8-10,13,18-27H2,1-5H3,(H,46,60)(H,48,55)(H,49,58)(H,51,59)(H,56,57)(H2,47,50,62). The molecule has 21 nitrogen and oxygen atoms in total. The molecule has 2 aromatic carbocycles. The second kappa shape index (κ2) is 28.4. The molecule has 1 heterocycles. The Kier molecular flexibility index (Phi) is 23.1. The smallest absolute Gasteiger partial charge is 0.323 e. The molecule has 1 fully saturated rings. The average Bonchev–Trinajstić information content (AvgIpc) is 3.75. The number of aryl methyl sites for hydroxylation is 1. The third-order valence-electron chi connectivity index (χ3n) is 10.2. The van der Waals surface area contributed by atoms with Gasteiger partial charge in [-0.05, 0) is 85.7 Å². The maximum Gasteiger partial charge on any atom is 0.323 e. The number of azide groups is 1. The summed E-state index contributed by atoms with van der Waals surface area (Å²) in [7, 11) is 0. The molecule has 1 saturated heterocycles. The number of hydrogen-bond donors (Lipinski definition) is 7. The van der Waals surface area contributed by atoms with Gasteiger partial charge in [0.15, 0.2) is 0 Å². The van der Waals surface area contributed by atoms with Gasteiger partial charge in [0.05, 0.1) is 32.7 Å². The first kappa shape index (κ1) is 52.9. The molecule has 4 unspecified atom stereocenters. The van der Waals surface area contributed by atoms with Crippen molar-refractivity contribution in [3.05, 3.63) is 70.1 Å². The van der Waals surface area contributed by atoms with E-state index < -0.39 is 72.1 Å². The van der Waals surface area contributed by atoms with Crippen molar-refractivity contribution in [2.24, 2.45) is 17.1 Å². The number of carbonyl (C=O) groups excluding carboxylic acids is 6. The molecule has 7 amide bonds. The average molecular weight is 909 g/mol. The zero-order valence-corrected chi connectivity index (χ0v) is 37.8. The molecule has 0 spiro atoms. The molecule has 0 aromatic heterocycles. The molecule has 3 rings (SSSR count). The molecule has 7 N–H and O–H groups in total. The number of carboxylic acid groups (broad SMARTS) is 1. The van der Waals surface area contributed by atoms with Crippen molar-refractivity contribution in [2.45, 2.75) is 104 Å². The van der Waals surface area contributed by atoms with Crippen molar-refractivity contribution in [1.82, 2.24) is 26.2 Å². The van der Waals surface area contributed by atoms with E-state index in [1.807, 2.05) is 39.0 Å². The van der Waals surface area contributed by atoms with Crippen molar-refractivity contribution in [3.63, 3.8) is 0 Å². The van der Waals surface area contributed by atoms with Gasteiger partial charge >= 0.3 is 12.0 Å². The summed E-state index contributed by atoms with van der Waals surface area (Å²) in [6, 6.07) is 8.88. The molecule has 0 radical (unpaired) electrons. The molecular weight excluding hydrogens is 845 g/mol. The van der Waals surface area contributed by atoms with Gasteiger partial charge in [-0.2, -0.15) is 0 Å². The van der Waals surface area contributed by atoms with Gasteiger partial charge in [0.2, 0.25) is 29.5 Å². The van der Waals surface area contributed by atoms with Crippen molar-refractivity contribution >= 4 is 52.9 Å². The summed E-state index contributed by atoms with van der Waals surface area (Å²) in [5, 5.41) is 28.9. The Morgan fingerprint density at radius 2 is 1.52 bits per heavy atom. The summed E-state index contributed by atoms with van der Waals surface area (Å²) < 4.78 is 10.8. The highest BCUT2D eigenvalue weighted by molar-refractivity contribution is 6.00. The lowest BCUT2D eigenvalue weighted by atomic mass is 10.00. The minimum atomic E-state index is -1.59. The third kappa shape index (κ3) is 19.5. The monoisotopic (exact) mass is 908 g/mol. The fourth-order valence-electron chi connectivity index (χ4n) is 6.89. The van der Waals surface area contributed by atoms with Crippen LogP contribution in [0.15, 0.2) is 53.8 Å². The first-order valence-electron chi connectivity index (χ1n) is 21.8. The zero-order valence-electron chi connectivity index (χ0n) is 37.8. The van der Waals surface area contributed by atoms with E-state index in [0.29, 0.717) is 69.0 Å². The van der Waals surface area contributed by atoms with Crippen molar-refractivity contribution < 1.29 is 53.0 Å². The predicted molar refractivity (Wildman–Crippen MR) is 240 cm³/mol. The number of likely N-dealkylation sites (tertiary alicyclic amines) is 1. The number of benzene rings is 2. The summed E-state index contributed by atoms with van der Waals surface area (Å²) in [5.74, 6) is -4.96. The topological polar surface area (TPSA) is 292 Å².